The third-order valence-electron chi connectivity index (χ3n) is 3.45. The van der Waals surface area contributed by atoms with Crippen LogP contribution in [0.1, 0.15) is 32.3 Å². The van der Waals surface area contributed by atoms with E-state index in [0.717, 1.165) is 30.8 Å². The molecule has 0 heterocycles. The first-order valence-electron chi connectivity index (χ1n) is 8.57. The number of rotatable bonds is 8. The number of aliphatic hydroxyl groups is 1. The first kappa shape index (κ1) is 20.7. The molecule has 0 fully saturated rings. The number of para-hydroxylation sites is 1. The summed E-state index contributed by atoms with van der Waals surface area (Å²) in [7, 11) is 0. The lowest BCUT2D eigenvalue weighted by molar-refractivity contribution is -0.142. The molecule has 4 nitrogen and oxygen atoms in total. The van der Waals surface area contributed by atoms with E-state index in [1.807, 2.05) is 67.6 Å². The molecule has 4 heteroatoms. The van der Waals surface area contributed by atoms with Crippen molar-refractivity contribution in [3.63, 3.8) is 0 Å². The van der Waals surface area contributed by atoms with Gasteiger partial charge < -0.3 is 14.6 Å². The van der Waals surface area contributed by atoms with Crippen LogP contribution in [0.3, 0.4) is 0 Å². The van der Waals surface area contributed by atoms with Gasteiger partial charge in [-0.15, -0.1) is 0 Å². The molecule has 2 aromatic rings. The quantitative estimate of drug-likeness (QED) is 0.575. The molecule has 2 rings (SSSR count). The molecule has 2 aromatic carbocycles. The summed E-state index contributed by atoms with van der Waals surface area (Å²) in [6.45, 7) is 4.82. The Balaban J connectivity index is 0.000000257. The largest absolute Gasteiger partial charge is 0.494 e. The van der Waals surface area contributed by atoms with Crippen molar-refractivity contribution < 1.29 is 19.4 Å². The SMILES string of the molecule is CC(=O)OCc1ccccc1.CC(CO)CCCOc1ccccc1. The number of carbonyl (C=O) groups is 1. The Hall–Kier alpha value is -2.33. The number of benzene rings is 2. The van der Waals surface area contributed by atoms with Crippen LogP contribution in [0, 0.1) is 5.92 Å². The van der Waals surface area contributed by atoms with Crippen LogP contribution in [0.5, 0.6) is 5.75 Å². The summed E-state index contributed by atoms with van der Waals surface area (Å²) in [5.41, 5.74) is 1.02. The number of esters is 1. The average molecular weight is 344 g/mol. The van der Waals surface area contributed by atoms with Crippen LogP contribution >= 0.6 is 0 Å². The van der Waals surface area contributed by atoms with Crippen molar-refractivity contribution >= 4 is 5.97 Å². The smallest absolute Gasteiger partial charge is 0.302 e. The minimum absolute atomic E-state index is 0.242. The second-order valence-electron chi connectivity index (χ2n) is 5.86. The maximum Gasteiger partial charge on any atom is 0.302 e. The normalized spacial score (nSPS) is 11.0. The molecule has 1 unspecified atom stereocenters. The lowest BCUT2D eigenvalue weighted by Crippen LogP contribution is -2.04. The third kappa shape index (κ3) is 11.0. The van der Waals surface area contributed by atoms with Crippen molar-refractivity contribution in [3.05, 3.63) is 66.2 Å². The van der Waals surface area contributed by atoms with Crippen molar-refractivity contribution in [1.82, 2.24) is 0 Å². The summed E-state index contributed by atoms with van der Waals surface area (Å²) in [6, 6.07) is 19.4. The minimum atomic E-state index is -0.242. The molecule has 1 N–H and O–H groups in total. The van der Waals surface area contributed by atoms with Crippen molar-refractivity contribution in [2.75, 3.05) is 13.2 Å². The van der Waals surface area contributed by atoms with E-state index in [9.17, 15) is 4.79 Å². The van der Waals surface area contributed by atoms with Crippen molar-refractivity contribution in [3.8, 4) is 5.75 Å². The van der Waals surface area contributed by atoms with Gasteiger partial charge in [-0.05, 0) is 36.5 Å². The average Bonchev–Trinajstić information content (AvgIpc) is 2.65. The highest BCUT2D eigenvalue weighted by Gasteiger charge is 1.99. The molecule has 0 saturated heterocycles. The molecule has 0 aromatic heterocycles. The molecule has 25 heavy (non-hydrogen) atoms. The van der Waals surface area contributed by atoms with E-state index >= 15 is 0 Å². The van der Waals surface area contributed by atoms with Gasteiger partial charge in [-0.3, -0.25) is 4.79 Å². The fourth-order valence-corrected chi connectivity index (χ4v) is 1.99. The number of ether oxygens (including phenoxy) is 2. The molecule has 0 amide bonds. The Morgan fingerprint density at radius 3 is 2.20 bits per heavy atom. The third-order valence-corrected chi connectivity index (χ3v) is 3.45. The van der Waals surface area contributed by atoms with Gasteiger partial charge in [-0.1, -0.05) is 55.5 Å². The second-order valence-corrected chi connectivity index (χ2v) is 5.86. The van der Waals surface area contributed by atoms with E-state index in [1.165, 1.54) is 6.92 Å². The summed E-state index contributed by atoms with van der Waals surface area (Å²) >= 11 is 0. The highest BCUT2D eigenvalue weighted by atomic mass is 16.5. The predicted octanol–water partition coefficient (Wildman–Crippen LogP) is 4.22. The zero-order chi connectivity index (χ0) is 18.3. The molecular formula is C21H28O4. The van der Waals surface area contributed by atoms with E-state index in [4.69, 9.17) is 14.6 Å². The van der Waals surface area contributed by atoms with Gasteiger partial charge >= 0.3 is 5.97 Å². The molecular weight excluding hydrogens is 316 g/mol. The highest BCUT2D eigenvalue weighted by Crippen LogP contribution is 2.10. The number of aliphatic hydroxyl groups excluding tert-OH is 1. The first-order valence-corrected chi connectivity index (χ1v) is 8.57. The zero-order valence-electron chi connectivity index (χ0n) is 15.1. The summed E-state index contributed by atoms with van der Waals surface area (Å²) in [5, 5.41) is 8.81. The predicted molar refractivity (Wildman–Crippen MR) is 99.3 cm³/mol. The summed E-state index contributed by atoms with van der Waals surface area (Å²) in [4.78, 5) is 10.4. The Morgan fingerprint density at radius 2 is 1.64 bits per heavy atom. The van der Waals surface area contributed by atoms with Gasteiger partial charge in [-0.25, -0.2) is 0 Å². The monoisotopic (exact) mass is 344 g/mol. The fraction of sp³-hybridized carbons (Fsp3) is 0.381. The summed E-state index contributed by atoms with van der Waals surface area (Å²) in [5.74, 6) is 1.06. The van der Waals surface area contributed by atoms with Crippen LogP contribution in [0.15, 0.2) is 60.7 Å². The summed E-state index contributed by atoms with van der Waals surface area (Å²) < 4.78 is 10.3. The molecule has 0 bridgehead atoms. The zero-order valence-corrected chi connectivity index (χ0v) is 15.1. The molecule has 0 aliphatic heterocycles. The van der Waals surface area contributed by atoms with Crippen LogP contribution in [-0.2, 0) is 16.1 Å². The maximum absolute atomic E-state index is 10.4. The van der Waals surface area contributed by atoms with Crippen molar-refractivity contribution in [1.29, 1.82) is 0 Å². The van der Waals surface area contributed by atoms with Crippen molar-refractivity contribution in [2.45, 2.75) is 33.3 Å². The van der Waals surface area contributed by atoms with Crippen LogP contribution in [-0.4, -0.2) is 24.3 Å². The standard InChI is InChI=1S/C12H18O2.C9H10O2/c1-11(10-13)6-5-9-14-12-7-3-2-4-8-12;1-8(10)11-7-9-5-3-2-4-6-9/h2-4,7-8,11,13H,5-6,9-10H2,1H3;2-6H,7H2,1H3. The Kier molecular flexibility index (Phi) is 10.8. The van der Waals surface area contributed by atoms with Gasteiger partial charge in [0.2, 0.25) is 0 Å². The number of carbonyl (C=O) groups excluding carboxylic acids is 1. The maximum atomic E-state index is 10.4. The lowest BCUT2D eigenvalue weighted by atomic mass is 10.1. The van der Waals surface area contributed by atoms with E-state index in [2.05, 4.69) is 0 Å². The topological polar surface area (TPSA) is 55.8 Å². The molecule has 0 radical (unpaired) electrons. The van der Waals surface area contributed by atoms with E-state index in [1.54, 1.807) is 0 Å². The molecule has 1 atom stereocenters. The Labute approximate surface area is 150 Å². The van der Waals surface area contributed by atoms with Gasteiger partial charge in [0.1, 0.15) is 12.4 Å². The van der Waals surface area contributed by atoms with Crippen LogP contribution < -0.4 is 4.74 Å². The lowest BCUT2D eigenvalue weighted by Gasteiger charge is -2.08. The number of hydrogen-bond acceptors (Lipinski definition) is 4. The van der Waals surface area contributed by atoms with Crippen LogP contribution in [0.2, 0.25) is 0 Å². The number of hydrogen-bond donors (Lipinski definition) is 1. The highest BCUT2D eigenvalue weighted by molar-refractivity contribution is 5.65. The van der Waals surface area contributed by atoms with Gasteiger partial charge in [0.25, 0.3) is 0 Å². The van der Waals surface area contributed by atoms with Crippen LogP contribution in [0.4, 0.5) is 0 Å². The van der Waals surface area contributed by atoms with E-state index in [0.29, 0.717) is 12.5 Å². The second kappa shape index (κ2) is 13.0. The van der Waals surface area contributed by atoms with E-state index in [-0.39, 0.29) is 12.6 Å². The van der Waals surface area contributed by atoms with Gasteiger partial charge in [-0.2, -0.15) is 0 Å². The Morgan fingerprint density at radius 1 is 1.04 bits per heavy atom. The van der Waals surface area contributed by atoms with Gasteiger partial charge in [0.05, 0.1) is 6.61 Å². The molecule has 0 saturated carbocycles. The van der Waals surface area contributed by atoms with Gasteiger partial charge in [0.15, 0.2) is 0 Å². The van der Waals surface area contributed by atoms with Crippen LogP contribution in [0.25, 0.3) is 0 Å². The summed E-state index contributed by atoms with van der Waals surface area (Å²) in [6.07, 6.45) is 2.01. The first-order chi connectivity index (χ1) is 12.1. The molecule has 0 spiro atoms. The molecule has 0 aliphatic carbocycles. The van der Waals surface area contributed by atoms with E-state index < -0.39 is 0 Å². The molecule has 136 valence electrons. The van der Waals surface area contributed by atoms with Crippen molar-refractivity contribution in [2.24, 2.45) is 5.92 Å². The molecule has 0 aliphatic rings. The Bertz CT molecular complexity index is 569. The minimum Gasteiger partial charge on any atom is -0.494 e. The fourth-order valence-electron chi connectivity index (χ4n) is 1.99. The van der Waals surface area contributed by atoms with Gasteiger partial charge in [0, 0.05) is 13.5 Å².